The van der Waals surface area contributed by atoms with Crippen molar-refractivity contribution in [1.29, 1.82) is 0 Å². The first-order valence-corrected chi connectivity index (χ1v) is 10.7. The van der Waals surface area contributed by atoms with E-state index in [1.54, 1.807) is 7.11 Å². The SMILES string of the molecule is CCOC(=O)N1CCC2(CC(N3CCC(c4cnc(OC)cc4C)CC3)C2)C1. The van der Waals surface area contributed by atoms with E-state index in [1.165, 1.54) is 49.9 Å². The smallest absolute Gasteiger partial charge is 0.409 e. The predicted molar refractivity (Wildman–Crippen MR) is 108 cm³/mol. The molecule has 0 atom stereocenters. The highest BCUT2D eigenvalue weighted by atomic mass is 16.6. The summed E-state index contributed by atoms with van der Waals surface area (Å²) in [6.07, 6.45) is 7.88. The molecule has 1 amide bonds. The summed E-state index contributed by atoms with van der Waals surface area (Å²) in [4.78, 5) is 21.0. The number of piperidine rings is 1. The molecule has 0 radical (unpaired) electrons. The van der Waals surface area contributed by atoms with Crippen LogP contribution in [0.15, 0.2) is 12.3 Å². The van der Waals surface area contributed by atoms with Crippen LogP contribution >= 0.6 is 0 Å². The highest BCUT2D eigenvalue weighted by molar-refractivity contribution is 5.68. The lowest BCUT2D eigenvalue weighted by Crippen LogP contribution is -2.54. The van der Waals surface area contributed by atoms with Crippen molar-refractivity contribution in [3.63, 3.8) is 0 Å². The molecule has 0 aromatic carbocycles. The van der Waals surface area contributed by atoms with E-state index >= 15 is 0 Å². The van der Waals surface area contributed by atoms with Crippen LogP contribution < -0.4 is 4.74 Å². The number of aryl methyl sites for hydroxylation is 1. The Hall–Kier alpha value is -1.82. The summed E-state index contributed by atoms with van der Waals surface area (Å²) in [7, 11) is 1.67. The molecule has 1 spiro atoms. The van der Waals surface area contributed by atoms with Crippen molar-refractivity contribution in [3.8, 4) is 5.88 Å². The first-order chi connectivity index (χ1) is 13.5. The van der Waals surface area contributed by atoms with E-state index in [4.69, 9.17) is 9.47 Å². The molecular formula is C22H33N3O3. The van der Waals surface area contributed by atoms with E-state index in [1.807, 2.05) is 24.1 Å². The zero-order valence-corrected chi connectivity index (χ0v) is 17.4. The number of nitrogens with zero attached hydrogens (tertiary/aromatic N) is 3. The summed E-state index contributed by atoms with van der Waals surface area (Å²) in [5.41, 5.74) is 3.02. The molecule has 6 nitrogen and oxygen atoms in total. The van der Waals surface area contributed by atoms with E-state index in [-0.39, 0.29) is 6.09 Å². The molecule has 0 N–H and O–H groups in total. The van der Waals surface area contributed by atoms with E-state index in [0.717, 1.165) is 19.5 Å². The Labute approximate surface area is 168 Å². The van der Waals surface area contributed by atoms with Crippen molar-refractivity contribution in [2.24, 2.45) is 5.41 Å². The fraction of sp³-hybridized carbons (Fsp3) is 0.727. The van der Waals surface area contributed by atoms with Crippen LogP contribution in [-0.2, 0) is 4.74 Å². The third-order valence-electron chi connectivity index (χ3n) is 7.12. The van der Waals surface area contributed by atoms with Crippen LogP contribution in [0.4, 0.5) is 4.79 Å². The molecule has 6 heteroatoms. The first kappa shape index (κ1) is 19.5. The number of rotatable bonds is 4. The Morgan fingerprint density at radius 1 is 1.29 bits per heavy atom. The fourth-order valence-electron chi connectivity index (χ4n) is 5.49. The minimum absolute atomic E-state index is 0.132. The Bertz CT molecular complexity index is 709. The molecule has 3 fully saturated rings. The van der Waals surface area contributed by atoms with Crippen LogP contribution in [0.3, 0.4) is 0 Å². The number of hydrogen-bond donors (Lipinski definition) is 0. The molecule has 1 aliphatic carbocycles. The zero-order chi connectivity index (χ0) is 19.7. The summed E-state index contributed by atoms with van der Waals surface area (Å²) in [6.45, 7) is 8.57. The molecule has 4 rings (SSSR count). The number of carbonyl (C=O) groups is 1. The van der Waals surface area contributed by atoms with Crippen molar-refractivity contribution in [2.45, 2.75) is 57.9 Å². The first-order valence-electron chi connectivity index (χ1n) is 10.7. The number of carbonyl (C=O) groups excluding carboxylic acids is 1. The number of amides is 1. The Kier molecular flexibility index (Phi) is 5.50. The molecule has 3 aliphatic rings. The van der Waals surface area contributed by atoms with Crippen molar-refractivity contribution < 1.29 is 14.3 Å². The minimum atomic E-state index is -0.132. The van der Waals surface area contributed by atoms with Gasteiger partial charge in [0.2, 0.25) is 5.88 Å². The average Bonchev–Trinajstić information content (AvgIpc) is 3.13. The van der Waals surface area contributed by atoms with Gasteiger partial charge in [0.1, 0.15) is 0 Å². The number of aromatic nitrogens is 1. The van der Waals surface area contributed by atoms with Crippen LogP contribution in [0, 0.1) is 12.3 Å². The lowest BCUT2D eigenvalue weighted by molar-refractivity contribution is -0.00475. The Morgan fingerprint density at radius 2 is 2.04 bits per heavy atom. The summed E-state index contributed by atoms with van der Waals surface area (Å²) in [5.74, 6) is 1.31. The second-order valence-electron chi connectivity index (χ2n) is 8.83. The molecular weight excluding hydrogens is 354 g/mol. The van der Waals surface area contributed by atoms with Gasteiger partial charge in [-0.15, -0.1) is 0 Å². The van der Waals surface area contributed by atoms with Crippen molar-refractivity contribution >= 4 is 6.09 Å². The lowest BCUT2D eigenvalue weighted by Gasteiger charge is -2.51. The van der Waals surface area contributed by atoms with Crippen LogP contribution in [-0.4, -0.2) is 66.8 Å². The third kappa shape index (κ3) is 3.71. The molecule has 1 aromatic rings. The Balaban J connectivity index is 1.27. The van der Waals surface area contributed by atoms with E-state index in [9.17, 15) is 4.79 Å². The largest absolute Gasteiger partial charge is 0.481 e. The van der Waals surface area contributed by atoms with Crippen LogP contribution in [0.2, 0.25) is 0 Å². The number of pyridine rings is 1. The number of hydrogen-bond acceptors (Lipinski definition) is 5. The standard InChI is InChI=1S/C22H33N3O3/c1-4-28-21(26)25-10-7-22(15-25)12-18(13-22)24-8-5-17(6-9-24)19-14-23-20(27-3)11-16(19)2/h11,14,17-18H,4-10,12-13,15H2,1-3H3. The van der Waals surface area contributed by atoms with Crippen LogP contribution in [0.5, 0.6) is 5.88 Å². The van der Waals surface area contributed by atoms with Crippen molar-refractivity contribution in [1.82, 2.24) is 14.8 Å². The number of likely N-dealkylation sites (tertiary alicyclic amines) is 2. The van der Waals surface area contributed by atoms with Gasteiger partial charge < -0.3 is 19.3 Å². The Morgan fingerprint density at radius 3 is 2.68 bits per heavy atom. The molecule has 1 aromatic heterocycles. The van der Waals surface area contributed by atoms with E-state index in [0.29, 0.717) is 29.9 Å². The summed E-state index contributed by atoms with van der Waals surface area (Å²) in [6, 6.07) is 2.74. The van der Waals surface area contributed by atoms with Crippen molar-refractivity contribution in [2.75, 3.05) is 39.9 Å². The molecule has 28 heavy (non-hydrogen) atoms. The van der Waals surface area contributed by atoms with Gasteiger partial charge in [-0.05, 0) is 81.5 Å². The van der Waals surface area contributed by atoms with Gasteiger partial charge in [0.05, 0.1) is 13.7 Å². The molecule has 2 aliphatic heterocycles. The monoisotopic (exact) mass is 387 g/mol. The van der Waals surface area contributed by atoms with Crippen LogP contribution in [0.1, 0.15) is 56.1 Å². The molecule has 0 bridgehead atoms. The molecule has 2 saturated heterocycles. The maximum atomic E-state index is 12.0. The highest BCUT2D eigenvalue weighted by Gasteiger charge is 2.51. The highest BCUT2D eigenvalue weighted by Crippen LogP contribution is 2.51. The van der Waals surface area contributed by atoms with Gasteiger partial charge >= 0.3 is 6.09 Å². The van der Waals surface area contributed by atoms with Gasteiger partial charge in [0.15, 0.2) is 0 Å². The van der Waals surface area contributed by atoms with Gasteiger partial charge in [0.25, 0.3) is 0 Å². The summed E-state index contributed by atoms with van der Waals surface area (Å²) < 4.78 is 10.4. The zero-order valence-electron chi connectivity index (χ0n) is 17.4. The maximum absolute atomic E-state index is 12.0. The summed E-state index contributed by atoms with van der Waals surface area (Å²) in [5, 5.41) is 0. The second kappa shape index (κ2) is 7.90. The maximum Gasteiger partial charge on any atom is 0.409 e. The topological polar surface area (TPSA) is 54.9 Å². The number of ether oxygens (including phenoxy) is 2. The molecule has 1 saturated carbocycles. The molecule has 0 unspecified atom stereocenters. The predicted octanol–water partition coefficient (Wildman–Crippen LogP) is 3.59. The normalized spacial score (nSPS) is 28.4. The third-order valence-corrected chi connectivity index (χ3v) is 7.12. The molecule has 3 heterocycles. The van der Waals surface area contributed by atoms with Crippen LogP contribution in [0.25, 0.3) is 0 Å². The van der Waals surface area contributed by atoms with E-state index < -0.39 is 0 Å². The fourth-order valence-corrected chi connectivity index (χ4v) is 5.49. The van der Waals surface area contributed by atoms with Gasteiger partial charge in [0, 0.05) is 31.4 Å². The van der Waals surface area contributed by atoms with Crippen molar-refractivity contribution in [3.05, 3.63) is 23.4 Å². The van der Waals surface area contributed by atoms with Gasteiger partial charge in [-0.25, -0.2) is 9.78 Å². The summed E-state index contributed by atoms with van der Waals surface area (Å²) >= 11 is 0. The van der Waals surface area contributed by atoms with Gasteiger partial charge in [-0.2, -0.15) is 0 Å². The quantitative estimate of drug-likeness (QED) is 0.790. The number of methoxy groups -OCH3 is 1. The lowest BCUT2D eigenvalue weighted by atomic mass is 9.64. The second-order valence-corrected chi connectivity index (χ2v) is 8.83. The average molecular weight is 388 g/mol. The minimum Gasteiger partial charge on any atom is -0.481 e. The van der Waals surface area contributed by atoms with Gasteiger partial charge in [-0.3, -0.25) is 0 Å². The van der Waals surface area contributed by atoms with E-state index in [2.05, 4.69) is 16.8 Å². The molecule has 154 valence electrons. The van der Waals surface area contributed by atoms with Gasteiger partial charge in [-0.1, -0.05) is 0 Å².